The van der Waals surface area contributed by atoms with E-state index in [1.165, 1.54) is 30.5 Å². The fourth-order valence-corrected chi connectivity index (χ4v) is 3.27. The van der Waals surface area contributed by atoms with Crippen LogP contribution in [0.15, 0.2) is 58.3 Å². The normalized spacial score (nSPS) is 12.9. The first-order chi connectivity index (χ1) is 9.40. The molecule has 1 unspecified atom stereocenters. The van der Waals surface area contributed by atoms with Gasteiger partial charge in [-0.15, -0.1) is 0 Å². The Morgan fingerprint density at radius 1 is 1.10 bits per heavy atom. The zero-order valence-corrected chi connectivity index (χ0v) is 12.2. The molecule has 106 valence electrons. The number of sulfonamides is 1. The molecule has 0 bridgehead atoms. The van der Waals surface area contributed by atoms with Crippen molar-refractivity contribution in [3.8, 4) is 0 Å². The van der Waals surface area contributed by atoms with Crippen molar-refractivity contribution in [2.75, 3.05) is 11.0 Å². The molecule has 0 saturated heterocycles. The Labute approximate surface area is 119 Å². The summed E-state index contributed by atoms with van der Waals surface area (Å²) in [6, 6.07) is 11.5. The van der Waals surface area contributed by atoms with Crippen LogP contribution in [-0.4, -0.2) is 18.9 Å². The van der Waals surface area contributed by atoms with Crippen molar-refractivity contribution in [1.29, 1.82) is 0 Å². The average molecular weight is 313 g/mol. The highest BCUT2D eigenvalue weighted by molar-refractivity contribution is 7.92. The third kappa shape index (κ3) is 3.23. The molecule has 0 heterocycles. The maximum Gasteiger partial charge on any atom is 0.261 e. The molecule has 0 spiro atoms. The fourth-order valence-electron chi connectivity index (χ4n) is 1.61. The van der Waals surface area contributed by atoms with Gasteiger partial charge in [0.25, 0.3) is 10.0 Å². The Morgan fingerprint density at radius 2 is 1.75 bits per heavy atom. The number of anilines is 1. The van der Waals surface area contributed by atoms with Crippen LogP contribution in [0.1, 0.15) is 0 Å². The van der Waals surface area contributed by atoms with Crippen LogP contribution in [0, 0.1) is 5.82 Å². The van der Waals surface area contributed by atoms with Crippen LogP contribution >= 0.6 is 0 Å². The molecular formula is C13H12FNO3S2. The second-order valence-electron chi connectivity index (χ2n) is 4.02. The minimum Gasteiger partial charge on any atom is -0.280 e. The van der Waals surface area contributed by atoms with Gasteiger partial charge in [-0.2, -0.15) is 0 Å². The van der Waals surface area contributed by atoms with Gasteiger partial charge in [-0.05, 0) is 30.3 Å². The first-order valence-electron chi connectivity index (χ1n) is 5.61. The molecule has 1 N–H and O–H groups in total. The van der Waals surface area contributed by atoms with Gasteiger partial charge in [0.2, 0.25) is 0 Å². The molecular weight excluding hydrogens is 301 g/mol. The number of halogens is 1. The summed E-state index contributed by atoms with van der Waals surface area (Å²) in [7, 11) is -5.22. The molecule has 4 nitrogen and oxygen atoms in total. The second-order valence-corrected chi connectivity index (χ2v) is 7.05. The molecule has 0 aromatic heterocycles. The molecule has 0 amide bonds. The van der Waals surface area contributed by atoms with Crippen molar-refractivity contribution < 1.29 is 17.0 Å². The summed E-state index contributed by atoms with van der Waals surface area (Å²) in [6.07, 6.45) is 1.35. The van der Waals surface area contributed by atoms with E-state index in [2.05, 4.69) is 4.72 Å². The van der Waals surface area contributed by atoms with Crippen LogP contribution in [0.4, 0.5) is 10.1 Å². The number of rotatable bonds is 4. The van der Waals surface area contributed by atoms with Crippen LogP contribution in [0.5, 0.6) is 0 Å². The van der Waals surface area contributed by atoms with Crippen LogP contribution < -0.4 is 4.72 Å². The van der Waals surface area contributed by atoms with Gasteiger partial charge in [0, 0.05) is 6.26 Å². The average Bonchev–Trinajstić information content (AvgIpc) is 2.39. The molecule has 0 aliphatic rings. The lowest BCUT2D eigenvalue weighted by Crippen LogP contribution is -2.13. The third-order valence-electron chi connectivity index (χ3n) is 2.55. The zero-order chi connectivity index (χ0) is 14.8. The predicted molar refractivity (Wildman–Crippen MR) is 76.0 cm³/mol. The van der Waals surface area contributed by atoms with Gasteiger partial charge in [0.15, 0.2) is 0 Å². The molecule has 0 radical (unpaired) electrons. The van der Waals surface area contributed by atoms with Crippen molar-refractivity contribution in [2.24, 2.45) is 0 Å². The zero-order valence-electron chi connectivity index (χ0n) is 10.5. The third-order valence-corrected chi connectivity index (χ3v) is 4.89. The SMILES string of the molecule is CS(=O)c1ccc(NS(=O)(=O)c2ccccc2)cc1F. The quantitative estimate of drug-likeness (QED) is 0.942. The van der Waals surface area contributed by atoms with E-state index in [1.54, 1.807) is 18.2 Å². The standard InChI is InChI=1S/C13H12FNO3S2/c1-19(16)13-8-7-10(9-12(13)14)15-20(17,18)11-5-3-2-4-6-11/h2-9,15H,1H3. The summed E-state index contributed by atoms with van der Waals surface area (Å²) in [5, 5.41) is 0. The molecule has 20 heavy (non-hydrogen) atoms. The molecule has 1 atom stereocenters. The van der Waals surface area contributed by atoms with Crippen molar-refractivity contribution in [3.63, 3.8) is 0 Å². The van der Waals surface area contributed by atoms with Crippen molar-refractivity contribution in [1.82, 2.24) is 0 Å². The van der Waals surface area contributed by atoms with E-state index in [4.69, 9.17) is 0 Å². The van der Waals surface area contributed by atoms with Crippen molar-refractivity contribution >= 4 is 26.5 Å². The molecule has 7 heteroatoms. The molecule has 2 aromatic carbocycles. The Morgan fingerprint density at radius 3 is 2.30 bits per heavy atom. The lowest BCUT2D eigenvalue weighted by atomic mass is 10.3. The Hall–Kier alpha value is -1.73. The Balaban J connectivity index is 2.31. The van der Waals surface area contributed by atoms with Crippen LogP contribution in [0.2, 0.25) is 0 Å². The number of benzene rings is 2. The van der Waals surface area contributed by atoms with Gasteiger partial charge in [-0.1, -0.05) is 18.2 Å². The van der Waals surface area contributed by atoms with E-state index in [-0.39, 0.29) is 15.5 Å². The summed E-state index contributed by atoms with van der Waals surface area (Å²) in [6.45, 7) is 0. The maximum absolute atomic E-state index is 13.7. The maximum atomic E-state index is 13.7. The summed E-state index contributed by atoms with van der Waals surface area (Å²) in [5.41, 5.74) is 0.0838. The van der Waals surface area contributed by atoms with Gasteiger partial charge in [0.1, 0.15) is 5.82 Å². The Kier molecular flexibility index (Phi) is 4.20. The van der Waals surface area contributed by atoms with Gasteiger partial charge < -0.3 is 0 Å². The van der Waals surface area contributed by atoms with Crippen molar-refractivity contribution in [2.45, 2.75) is 9.79 Å². The highest BCUT2D eigenvalue weighted by atomic mass is 32.2. The van der Waals surface area contributed by atoms with E-state index in [9.17, 15) is 17.0 Å². The Bertz CT molecular complexity index is 745. The number of hydrogen-bond acceptors (Lipinski definition) is 3. The first kappa shape index (κ1) is 14.7. The van der Waals surface area contributed by atoms with Gasteiger partial charge in [-0.25, -0.2) is 12.8 Å². The van der Waals surface area contributed by atoms with Crippen LogP contribution in [0.25, 0.3) is 0 Å². The van der Waals surface area contributed by atoms with E-state index < -0.39 is 26.6 Å². The molecule has 0 aliphatic heterocycles. The highest BCUT2D eigenvalue weighted by Crippen LogP contribution is 2.20. The van der Waals surface area contributed by atoms with Gasteiger partial charge >= 0.3 is 0 Å². The van der Waals surface area contributed by atoms with E-state index >= 15 is 0 Å². The summed E-state index contributed by atoms with van der Waals surface area (Å²) < 4.78 is 51.2. The molecule has 0 fully saturated rings. The number of nitrogens with one attached hydrogen (secondary N) is 1. The largest absolute Gasteiger partial charge is 0.280 e. The van der Waals surface area contributed by atoms with E-state index in [0.717, 1.165) is 6.07 Å². The van der Waals surface area contributed by atoms with E-state index in [0.29, 0.717) is 0 Å². The summed E-state index contributed by atoms with van der Waals surface area (Å²) in [4.78, 5) is 0.121. The lowest BCUT2D eigenvalue weighted by molar-refractivity contribution is 0.596. The lowest BCUT2D eigenvalue weighted by Gasteiger charge is -2.09. The summed E-state index contributed by atoms with van der Waals surface area (Å²) in [5.74, 6) is -0.709. The van der Waals surface area contributed by atoms with Gasteiger partial charge in [-0.3, -0.25) is 8.93 Å². The fraction of sp³-hybridized carbons (Fsp3) is 0.0769. The minimum absolute atomic E-state index is 0.0349. The smallest absolute Gasteiger partial charge is 0.261 e. The van der Waals surface area contributed by atoms with Crippen LogP contribution in [0.3, 0.4) is 0 Å². The predicted octanol–water partition coefficient (Wildman–Crippen LogP) is 2.36. The molecule has 0 saturated carbocycles. The van der Waals surface area contributed by atoms with Crippen molar-refractivity contribution in [3.05, 3.63) is 54.3 Å². The number of hydrogen-bond donors (Lipinski definition) is 1. The second kappa shape index (κ2) is 5.72. The monoisotopic (exact) mass is 313 g/mol. The molecule has 0 aliphatic carbocycles. The molecule has 2 rings (SSSR count). The van der Waals surface area contributed by atoms with Gasteiger partial charge in [0.05, 0.1) is 26.3 Å². The minimum atomic E-state index is -3.76. The topological polar surface area (TPSA) is 63.2 Å². The molecule has 2 aromatic rings. The van der Waals surface area contributed by atoms with E-state index in [1.807, 2.05) is 0 Å². The highest BCUT2D eigenvalue weighted by Gasteiger charge is 2.15. The van der Waals surface area contributed by atoms with Crippen LogP contribution in [-0.2, 0) is 20.8 Å². The first-order valence-corrected chi connectivity index (χ1v) is 8.65. The summed E-state index contributed by atoms with van der Waals surface area (Å²) >= 11 is 0.